The largest absolute Gasteiger partial charge is 0.380 e. The zero-order chi connectivity index (χ0) is 17.6. The number of amides is 1. The van der Waals surface area contributed by atoms with Gasteiger partial charge in [0.2, 0.25) is 5.89 Å². The van der Waals surface area contributed by atoms with Crippen LogP contribution < -0.4 is 0 Å². The van der Waals surface area contributed by atoms with Gasteiger partial charge >= 0.3 is 0 Å². The van der Waals surface area contributed by atoms with Gasteiger partial charge in [-0.3, -0.25) is 9.48 Å². The zero-order valence-electron chi connectivity index (χ0n) is 14.8. The van der Waals surface area contributed by atoms with E-state index in [1.807, 2.05) is 31.7 Å². The van der Waals surface area contributed by atoms with E-state index in [1.54, 1.807) is 4.68 Å². The number of hydrogen-bond acceptors (Lipinski definition) is 6. The van der Waals surface area contributed by atoms with Crippen molar-refractivity contribution in [1.29, 1.82) is 0 Å². The highest BCUT2D eigenvalue weighted by atomic mass is 16.5. The number of fused-ring (bicyclic) bond motifs is 1. The molecule has 0 spiro atoms. The van der Waals surface area contributed by atoms with Gasteiger partial charge in [0.15, 0.2) is 5.82 Å². The van der Waals surface area contributed by atoms with Crippen molar-refractivity contribution in [1.82, 2.24) is 24.8 Å². The summed E-state index contributed by atoms with van der Waals surface area (Å²) in [5.74, 6) is 1.93. The Morgan fingerprint density at radius 2 is 2.16 bits per heavy atom. The quantitative estimate of drug-likeness (QED) is 0.836. The summed E-state index contributed by atoms with van der Waals surface area (Å²) in [6.07, 6.45) is 0. The maximum absolute atomic E-state index is 13.0. The lowest BCUT2D eigenvalue weighted by Crippen LogP contribution is -2.33. The summed E-state index contributed by atoms with van der Waals surface area (Å²) in [5, 5.41) is 8.29. The number of nitrogens with zero attached hydrogens (tertiary/aromatic N) is 5. The van der Waals surface area contributed by atoms with Gasteiger partial charge in [-0.1, -0.05) is 5.16 Å². The molecule has 1 amide bonds. The molecule has 0 radical (unpaired) electrons. The van der Waals surface area contributed by atoms with Gasteiger partial charge in [0.1, 0.15) is 5.69 Å². The molecule has 2 aromatic heterocycles. The molecule has 8 nitrogen and oxygen atoms in total. The molecule has 25 heavy (non-hydrogen) atoms. The lowest BCUT2D eigenvalue weighted by molar-refractivity contribution is 0.00992. The van der Waals surface area contributed by atoms with Crippen molar-refractivity contribution in [3.8, 4) is 0 Å². The summed E-state index contributed by atoms with van der Waals surface area (Å²) in [7, 11) is 0. The second-order valence-electron chi connectivity index (χ2n) is 6.94. The summed E-state index contributed by atoms with van der Waals surface area (Å²) < 4.78 is 12.9. The van der Waals surface area contributed by atoms with Crippen LogP contribution in [-0.2, 0) is 11.3 Å². The van der Waals surface area contributed by atoms with E-state index in [0.29, 0.717) is 56.2 Å². The van der Waals surface area contributed by atoms with Crippen molar-refractivity contribution in [2.75, 3.05) is 26.3 Å². The second-order valence-corrected chi connectivity index (χ2v) is 6.94. The molecule has 2 fully saturated rings. The highest BCUT2D eigenvalue weighted by Crippen LogP contribution is 2.39. The van der Waals surface area contributed by atoms with Crippen LogP contribution >= 0.6 is 0 Å². The predicted molar refractivity (Wildman–Crippen MR) is 88.1 cm³/mol. The predicted octanol–water partition coefficient (Wildman–Crippen LogP) is 1.41. The van der Waals surface area contributed by atoms with E-state index in [2.05, 4.69) is 15.2 Å². The first-order valence-corrected chi connectivity index (χ1v) is 8.78. The lowest BCUT2D eigenvalue weighted by atomic mass is 9.83. The lowest BCUT2D eigenvalue weighted by Gasteiger charge is -2.30. The third-order valence-corrected chi connectivity index (χ3v) is 5.21. The van der Waals surface area contributed by atoms with Gasteiger partial charge < -0.3 is 14.2 Å². The molecule has 2 aliphatic rings. The molecule has 2 saturated heterocycles. The van der Waals surface area contributed by atoms with Crippen LogP contribution in [-0.4, -0.2) is 57.0 Å². The van der Waals surface area contributed by atoms with Crippen molar-refractivity contribution in [2.24, 2.45) is 11.8 Å². The van der Waals surface area contributed by atoms with E-state index < -0.39 is 0 Å². The van der Waals surface area contributed by atoms with Gasteiger partial charge in [-0.05, 0) is 32.8 Å². The summed E-state index contributed by atoms with van der Waals surface area (Å²) in [5.41, 5.74) is 1.52. The fourth-order valence-electron chi connectivity index (χ4n) is 4.00. The third kappa shape index (κ3) is 2.84. The van der Waals surface area contributed by atoms with Crippen LogP contribution in [0.3, 0.4) is 0 Å². The summed E-state index contributed by atoms with van der Waals surface area (Å²) in [6, 6.07) is 1.86. The summed E-state index contributed by atoms with van der Waals surface area (Å²) in [4.78, 5) is 19.3. The standard InChI is InChI=1S/C17H23N5O3/c1-4-22-15(5-10(2)19-22)17(23)21-6-12-8-24-9-14(13(12)7-21)16-18-11(3)20-25-16/h5,12-14H,4,6-9H2,1-3H3/t12-,13-,14+/m1/s1. The van der Waals surface area contributed by atoms with Gasteiger partial charge in [-0.25, -0.2) is 0 Å². The molecule has 2 aliphatic heterocycles. The molecular weight excluding hydrogens is 322 g/mol. The Balaban J connectivity index is 1.55. The van der Waals surface area contributed by atoms with Crippen LogP contribution in [0, 0.1) is 25.7 Å². The van der Waals surface area contributed by atoms with Gasteiger partial charge in [0.05, 0.1) is 24.8 Å². The molecule has 0 unspecified atom stereocenters. The number of carbonyl (C=O) groups excluding carboxylic acids is 1. The van der Waals surface area contributed by atoms with Gasteiger partial charge in [0, 0.05) is 25.6 Å². The van der Waals surface area contributed by atoms with Crippen LogP contribution in [0.5, 0.6) is 0 Å². The third-order valence-electron chi connectivity index (χ3n) is 5.21. The second kappa shape index (κ2) is 6.25. The highest BCUT2D eigenvalue weighted by Gasteiger charge is 2.45. The summed E-state index contributed by atoms with van der Waals surface area (Å²) >= 11 is 0. The molecule has 4 heterocycles. The Hall–Kier alpha value is -2.22. The van der Waals surface area contributed by atoms with Crippen LogP contribution in [0.15, 0.2) is 10.6 Å². The molecule has 4 rings (SSSR count). The molecule has 0 aromatic carbocycles. The van der Waals surface area contributed by atoms with Crippen molar-refractivity contribution in [3.05, 3.63) is 29.2 Å². The minimum Gasteiger partial charge on any atom is -0.380 e. The van der Waals surface area contributed by atoms with Gasteiger partial charge in [0.25, 0.3) is 5.91 Å². The van der Waals surface area contributed by atoms with Crippen molar-refractivity contribution < 1.29 is 14.1 Å². The Morgan fingerprint density at radius 3 is 2.88 bits per heavy atom. The first kappa shape index (κ1) is 16.3. The molecule has 134 valence electrons. The molecular formula is C17H23N5O3. The highest BCUT2D eigenvalue weighted by molar-refractivity contribution is 5.93. The minimum atomic E-state index is 0.0392. The zero-order valence-corrected chi connectivity index (χ0v) is 14.8. The number of likely N-dealkylation sites (tertiary alicyclic amines) is 1. The number of ether oxygens (including phenoxy) is 1. The maximum Gasteiger partial charge on any atom is 0.272 e. The van der Waals surface area contributed by atoms with E-state index in [1.165, 1.54) is 0 Å². The fraction of sp³-hybridized carbons (Fsp3) is 0.647. The van der Waals surface area contributed by atoms with E-state index in [9.17, 15) is 4.79 Å². The Morgan fingerprint density at radius 1 is 1.32 bits per heavy atom. The molecule has 0 aliphatic carbocycles. The van der Waals surface area contributed by atoms with Crippen LogP contribution in [0.25, 0.3) is 0 Å². The van der Waals surface area contributed by atoms with Crippen LogP contribution in [0.2, 0.25) is 0 Å². The minimum absolute atomic E-state index is 0.0392. The molecule has 3 atom stereocenters. The number of aryl methyl sites for hydroxylation is 3. The average molecular weight is 345 g/mol. The Kier molecular flexibility index (Phi) is 4.07. The number of rotatable bonds is 3. The molecule has 0 saturated carbocycles. The fourth-order valence-corrected chi connectivity index (χ4v) is 4.00. The topological polar surface area (TPSA) is 86.3 Å². The smallest absolute Gasteiger partial charge is 0.272 e. The van der Waals surface area contributed by atoms with E-state index in [4.69, 9.17) is 9.26 Å². The first-order valence-electron chi connectivity index (χ1n) is 8.78. The van der Waals surface area contributed by atoms with E-state index in [0.717, 1.165) is 5.69 Å². The van der Waals surface area contributed by atoms with E-state index in [-0.39, 0.29) is 17.7 Å². The molecule has 8 heteroatoms. The molecule has 0 N–H and O–H groups in total. The SMILES string of the molecule is CCn1nc(C)cc1C(=O)N1C[C@@H]2COC[C@H](c3nc(C)no3)[C@@H]2C1. The maximum atomic E-state index is 13.0. The number of carbonyl (C=O) groups is 1. The first-order chi connectivity index (χ1) is 12.1. The van der Waals surface area contributed by atoms with Gasteiger partial charge in [-0.15, -0.1) is 0 Å². The average Bonchev–Trinajstić information content (AvgIpc) is 3.31. The van der Waals surface area contributed by atoms with Crippen molar-refractivity contribution in [3.63, 3.8) is 0 Å². The summed E-state index contributed by atoms with van der Waals surface area (Å²) in [6.45, 7) is 9.02. The number of aromatic nitrogens is 4. The Labute approximate surface area is 146 Å². The van der Waals surface area contributed by atoms with Gasteiger partial charge in [-0.2, -0.15) is 10.1 Å². The van der Waals surface area contributed by atoms with Crippen molar-refractivity contribution in [2.45, 2.75) is 33.2 Å². The normalized spacial score (nSPS) is 26.0. The molecule has 0 bridgehead atoms. The Bertz CT molecular complexity index is 783. The van der Waals surface area contributed by atoms with Crippen molar-refractivity contribution >= 4 is 5.91 Å². The molecule has 2 aromatic rings. The monoisotopic (exact) mass is 345 g/mol. The van der Waals surface area contributed by atoms with Crippen LogP contribution in [0.1, 0.15) is 40.7 Å². The van der Waals surface area contributed by atoms with E-state index >= 15 is 0 Å². The number of hydrogen-bond donors (Lipinski definition) is 0. The van der Waals surface area contributed by atoms with Crippen LogP contribution in [0.4, 0.5) is 0 Å².